The third-order valence-electron chi connectivity index (χ3n) is 4.76. The normalized spacial score (nSPS) is 11.8. The predicted octanol–water partition coefficient (Wildman–Crippen LogP) is 4.64. The van der Waals surface area contributed by atoms with E-state index >= 15 is 0 Å². The van der Waals surface area contributed by atoms with E-state index < -0.39 is 6.04 Å². The average Bonchev–Trinajstić information content (AvgIpc) is 2.71. The Morgan fingerprint density at radius 3 is 2.37 bits per heavy atom. The molecular formula is C23H28BrFN2O3. The Morgan fingerprint density at radius 2 is 1.80 bits per heavy atom. The molecular weight excluding hydrogens is 451 g/mol. The number of nitrogens with zero attached hydrogens (tertiary/aromatic N) is 1. The van der Waals surface area contributed by atoms with Gasteiger partial charge in [-0.15, -0.1) is 0 Å². The number of nitrogens with one attached hydrogen (secondary N) is 1. The van der Waals surface area contributed by atoms with Crippen molar-refractivity contribution < 1.29 is 18.7 Å². The molecule has 0 heterocycles. The van der Waals surface area contributed by atoms with E-state index in [9.17, 15) is 14.0 Å². The molecule has 1 N–H and O–H groups in total. The molecule has 0 unspecified atom stereocenters. The van der Waals surface area contributed by atoms with Crippen LogP contribution in [0.15, 0.2) is 46.9 Å². The molecule has 162 valence electrons. The number of rotatable bonds is 9. The van der Waals surface area contributed by atoms with Gasteiger partial charge in [0.15, 0.2) is 6.61 Å². The van der Waals surface area contributed by atoms with Crippen molar-refractivity contribution in [3.63, 3.8) is 0 Å². The van der Waals surface area contributed by atoms with Crippen molar-refractivity contribution in [3.8, 4) is 5.75 Å². The highest BCUT2D eigenvalue weighted by molar-refractivity contribution is 9.10. The Morgan fingerprint density at radius 1 is 1.13 bits per heavy atom. The summed E-state index contributed by atoms with van der Waals surface area (Å²) >= 11 is 3.49. The van der Waals surface area contributed by atoms with Crippen LogP contribution < -0.4 is 10.1 Å². The van der Waals surface area contributed by atoms with Gasteiger partial charge in [-0.3, -0.25) is 9.59 Å². The lowest BCUT2D eigenvalue weighted by Gasteiger charge is -2.28. The molecule has 0 saturated heterocycles. The minimum absolute atomic E-state index is 0.175. The maximum Gasteiger partial charge on any atom is 0.261 e. The standard InChI is InChI=1S/C23H28BrFN2O3/c1-5-26-23(29)16(4)27(13-17-6-9-19(25)10-7-17)22(28)14-30-21-11-8-18(15(2)3)12-20(21)24/h6-12,15-16H,5,13-14H2,1-4H3,(H,26,29)/t16-/m1/s1. The lowest BCUT2D eigenvalue weighted by molar-refractivity contribution is -0.142. The molecule has 2 aromatic rings. The van der Waals surface area contributed by atoms with Crippen molar-refractivity contribution in [1.82, 2.24) is 10.2 Å². The minimum atomic E-state index is -0.696. The molecule has 2 amide bonds. The number of ether oxygens (including phenoxy) is 1. The van der Waals surface area contributed by atoms with Crippen LogP contribution in [-0.2, 0) is 16.1 Å². The Labute approximate surface area is 185 Å². The second kappa shape index (κ2) is 11.1. The van der Waals surface area contributed by atoms with Gasteiger partial charge < -0.3 is 15.0 Å². The first-order valence-corrected chi connectivity index (χ1v) is 10.8. The Kier molecular flexibility index (Phi) is 8.84. The Bertz CT molecular complexity index is 871. The van der Waals surface area contributed by atoms with Gasteiger partial charge in [0.1, 0.15) is 17.6 Å². The molecule has 2 rings (SSSR count). The maximum absolute atomic E-state index is 13.2. The van der Waals surface area contributed by atoms with Crippen LogP contribution in [-0.4, -0.2) is 35.9 Å². The fourth-order valence-electron chi connectivity index (χ4n) is 2.91. The number of amides is 2. The highest BCUT2D eigenvalue weighted by Crippen LogP contribution is 2.29. The first kappa shape index (κ1) is 23.9. The van der Waals surface area contributed by atoms with Crippen LogP contribution in [0.3, 0.4) is 0 Å². The molecule has 0 aromatic heterocycles. The van der Waals surface area contributed by atoms with Gasteiger partial charge in [0.25, 0.3) is 5.91 Å². The second-order valence-corrected chi connectivity index (χ2v) is 8.21. The molecule has 0 radical (unpaired) electrons. The summed E-state index contributed by atoms with van der Waals surface area (Å²) in [6.07, 6.45) is 0. The first-order valence-electron chi connectivity index (χ1n) is 9.96. The first-order chi connectivity index (χ1) is 14.2. The van der Waals surface area contributed by atoms with Gasteiger partial charge in [-0.25, -0.2) is 4.39 Å². The topological polar surface area (TPSA) is 58.6 Å². The molecule has 1 atom stereocenters. The van der Waals surface area contributed by atoms with Crippen LogP contribution in [0.25, 0.3) is 0 Å². The fourth-order valence-corrected chi connectivity index (χ4v) is 3.42. The monoisotopic (exact) mass is 478 g/mol. The molecule has 30 heavy (non-hydrogen) atoms. The van der Waals surface area contributed by atoms with E-state index in [2.05, 4.69) is 35.1 Å². The molecule has 0 bridgehead atoms. The van der Waals surface area contributed by atoms with Crippen molar-refractivity contribution in [3.05, 3.63) is 63.9 Å². The molecule has 0 saturated carbocycles. The van der Waals surface area contributed by atoms with E-state index in [-0.39, 0.29) is 30.8 Å². The zero-order chi connectivity index (χ0) is 22.3. The van der Waals surface area contributed by atoms with Crippen LogP contribution in [0.5, 0.6) is 5.75 Å². The second-order valence-electron chi connectivity index (χ2n) is 7.35. The van der Waals surface area contributed by atoms with Crippen molar-refractivity contribution >= 4 is 27.7 Å². The van der Waals surface area contributed by atoms with Crippen LogP contribution in [0.1, 0.15) is 44.7 Å². The number of carbonyl (C=O) groups is 2. The lowest BCUT2D eigenvalue weighted by atomic mass is 10.0. The highest BCUT2D eigenvalue weighted by Gasteiger charge is 2.26. The van der Waals surface area contributed by atoms with Crippen LogP contribution in [0, 0.1) is 5.82 Å². The van der Waals surface area contributed by atoms with Gasteiger partial charge in [0, 0.05) is 13.1 Å². The summed E-state index contributed by atoms with van der Waals surface area (Å²) in [5.74, 6) is -0.0129. The zero-order valence-corrected chi connectivity index (χ0v) is 19.3. The quantitative estimate of drug-likeness (QED) is 0.570. The molecule has 0 aliphatic carbocycles. The molecule has 0 spiro atoms. The van der Waals surface area contributed by atoms with Gasteiger partial charge in [-0.2, -0.15) is 0 Å². The number of halogens is 2. The minimum Gasteiger partial charge on any atom is -0.483 e. The molecule has 0 aliphatic rings. The average molecular weight is 479 g/mol. The van der Waals surface area contributed by atoms with Crippen molar-refractivity contribution in [2.24, 2.45) is 0 Å². The third kappa shape index (κ3) is 6.55. The van der Waals surface area contributed by atoms with Crippen LogP contribution >= 0.6 is 15.9 Å². The van der Waals surface area contributed by atoms with E-state index in [1.165, 1.54) is 17.0 Å². The molecule has 5 nitrogen and oxygen atoms in total. The van der Waals surface area contributed by atoms with E-state index in [0.29, 0.717) is 18.2 Å². The summed E-state index contributed by atoms with van der Waals surface area (Å²) in [5, 5.41) is 2.73. The smallest absolute Gasteiger partial charge is 0.261 e. The SMILES string of the molecule is CCNC(=O)[C@@H](C)N(Cc1ccc(F)cc1)C(=O)COc1ccc(C(C)C)cc1Br. The van der Waals surface area contributed by atoms with Crippen molar-refractivity contribution in [2.45, 2.75) is 46.2 Å². The van der Waals surface area contributed by atoms with Crippen LogP contribution in [0.4, 0.5) is 4.39 Å². The summed E-state index contributed by atoms with van der Waals surface area (Å²) < 4.78 is 19.7. The number of hydrogen-bond donors (Lipinski definition) is 1. The van der Waals surface area contributed by atoms with E-state index in [0.717, 1.165) is 15.6 Å². The van der Waals surface area contributed by atoms with E-state index in [1.807, 2.05) is 25.1 Å². The Balaban J connectivity index is 2.15. The summed E-state index contributed by atoms with van der Waals surface area (Å²) in [6.45, 7) is 8.11. The summed E-state index contributed by atoms with van der Waals surface area (Å²) in [5.41, 5.74) is 1.88. The Hall–Kier alpha value is -2.41. The van der Waals surface area contributed by atoms with Gasteiger partial charge in [0.2, 0.25) is 5.91 Å². The van der Waals surface area contributed by atoms with Crippen molar-refractivity contribution in [2.75, 3.05) is 13.2 Å². The largest absolute Gasteiger partial charge is 0.483 e. The van der Waals surface area contributed by atoms with Gasteiger partial charge in [-0.05, 0) is 71.1 Å². The third-order valence-corrected chi connectivity index (χ3v) is 5.38. The molecule has 2 aromatic carbocycles. The highest BCUT2D eigenvalue weighted by atomic mass is 79.9. The lowest BCUT2D eigenvalue weighted by Crippen LogP contribution is -2.49. The number of benzene rings is 2. The predicted molar refractivity (Wildman–Crippen MR) is 119 cm³/mol. The fraction of sp³-hybridized carbons (Fsp3) is 0.391. The summed E-state index contributed by atoms with van der Waals surface area (Å²) in [4.78, 5) is 26.7. The van der Waals surface area contributed by atoms with Gasteiger partial charge >= 0.3 is 0 Å². The van der Waals surface area contributed by atoms with Gasteiger partial charge in [0.05, 0.1) is 4.47 Å². The maximum atomic E-state index is 13.2. The molecule has 0 aliphatic heterocycles. The van der Waals surface area contributed by atoms with E-state index in [4.69, 9.17) is 4.74 Å². The molecule has 7 heteroatoms. The molecule has 0 fully saturated rings. The summed E-state index contributed by atoms with van der Waals surface area (Å²) in [6, 6.07) is 10.9. The van der Waals surface area contributed by atoms with E-state index in [1.54, 1.807) is 19.1 Å². The number of carbonyl (C=O) groups excluding carboxylic acids is 2. The zero-order valence-electron chi connectivity index (χ0n) is 17.7. The number of likely N-dealkylation sites (N-methyl/N-ethyl adjacent to an activating group) is 1. The van der Waals surface area contributed by atoms with Gasteiger partial charge in [-0.1, -0.05) is 32.0 Å². The van der Waals surface area contributed by atoms with Crippen molar-refractivity contribution in [1.29, 1.82) is 0 Å². The van der Waals surface area contributed by atoms with Crippen LogP contribution in [0.2, 0.25) is 0 Å². The number of hydrogen-bond acceptors (Lipinski definition) is 3. The summed E-state index contributed by atoms with van der Waals surface area (Å²) in [7, 11) is 0.